The Kier molecular flexibility index (Phi) is 4.11. The standard InChI is InChI=1S/C22H23N3O/c1-15-8-4-6-10-18(15)21-23-14-20-17(3)24(12-13-25(20)21)22(26)19-11-7-5-9-16(19)2/h4-11,14,17H,12-13H2,1-3H3. The van der Waals surface area contributed by atoms with Crippen LogP contribution in [0.3, 0.4) is 0 Å². The quantitative estimate of drug-likeness (QED) is 0.691. The van der Waals surface area contributed by atoms with Crippen LogP contribution in [0, 0.1) is 13.8 Å². The SMILES string of the molecule is Cc1ccccc1C(=O)N1CCn2c(cnc2-c2ccccc2C)C1C. The minimum Gasteiger partial charge on any atom is -0.329 e. The van der Waals surface area contributed by atoms with Crippen molar-refractivity contribution in [1.82, 2.24) is 14.5 Å². The van der Waals surface area contributed by atoms with E-state index in [4.69, 9.17) is 0 Å². The first kappa shape index (κ1) is 16.6. The molecule has 0 fully saturated rings. The smallest absolute Gasteiger partial charge is 0.254 e. The van der Waals surface area contributed by atoms with E-state index in [2.05, 4.69) is 35.5 Å². The molecule has 0 spiro atoms. The predicted octanol–water partition coefficient (Wildman–Crippen LogP) is 4.38. The first-order valence-electron chi connectivity index (χ1n) is 9.06. The molecule has 4 rings (SSSR count). The fourth-order valence-corrected chi connectivity index (χ4v) is 3.80. The third-order valence-electron chi connectivity index (χ3n) is 5.37. The summed E-state index contributed by atoms with van der Waals surface area (Å²) in [5, 5.41) is 0. The molecule has 2 heterocycles. The summed E-state index contributed by atoms with van der Waals surface area (Å²) < 4.78 is 2.26. The second kappa shape index (κ2) is 6.45. The molecule has 1 unspecified atom stereocenters. The number of aromatic nitrogens is 2. The second-order valence-corrected chi connectivity index (χ2v) is 6.96. The monoisotopic (exact) mass is 345 g/mol. The van der Waals surface area contributed by atoms with Crippen LogP contribution in [-0.2, 0) is 6.54 Å². The number of hydrogen-bond acceptors (Lipinski definition) is 2. The van der Waals surface area contributed by atoms with Crippen LogP contribution in [0.4, 0.5) is 0 Å². The average Bonchev–Trinajstić information content (AvgIpc) is 3.07. The Labute approximate surface area is 154 Å². The zero-order valence-corrected chi connectivity index (χ0v) is 15.4. The van der Waals surface area contributed by atoms with Gasteiger partial charge in [-0.15, -0.1) is 0 Å². The Bertz CT molecular complexity index is 973. The molecule has 3 aromatic rings. The van der Waals surface area contributed by atoms with Crippen LogP contribution in [0.2, 0.25) is 0 Å². The average molecular weight is 345 g/mol. The summed E-state index contributed by atoms with van der Waals surface area (Å²) in [6.07, 6.45) is 1.92. The van der Waals surface area contributed by atoms with Gasteiger partial charge >= 0.3 is 0 Å². The predicted molar refractivity (Wildman–Crippen MR) is 103 cm³/mol. The van der Waals surface area contributed by atoms with E-state index >= 15 is 0 Å². The lowest BCUT2D eigenvalue weighted by molar-refractivity contribution is 0.0644. The molecule has 0 N–H and O–H groups in total. The molecule has 4 nitrogen and oxygen atoms in total. The first-order chi connectivity index (χ1) is 12.6. The number of carbonyl (C=O) groups excluding carboxylic acids is 1. The van der Waals surface area contributed by atoms with Crippen molar-refractivity contribution >= 4 is 5.91 Å². The molecular formula is C22H23N3O. The van der Waals surface area contributed by atoms with Gasteiger partial charge in [0.25, 0.3) is 5.91 Å². The Morgan fingerprint density at radius 1 is 1.00 bits per heavy atom. The van der Waals surface area contributed by atoms with Crippen molar-refractivity contribution < 1.29 is 4.79 Å². The van der Waals surface area contributed by atoms with Crippen LogP contribution >= 0.6 is 0 Å². The van der Waals surface area contributed by atoms with Crippen molar-refractivity contribution in [2.45, 2.75) is 33.4 Å². The molecule has 132 valence electrons. The molecule has 4 heteroatoms. The molecular weight excluding hydrogens is 322 g/mol. The van der Waals surface area contributed by atoms with Gasteiger partial charge in [-0.05, 0) is 38.0 Å². The highest BCUT2D eigenvalue weighted by atomic mass is 16.2. The molecule has 0 bridgehead atoms. The summed E-state index contributed by atoms with van der Waals surface area (Å²) in [4.78, 5) is 19.7. The minimum atomic E-state index is 0.00104. The summed E-state index contributed by atoms with van der Waals surface area (Å²) in [5.41, 5.74) is 5.27. The molecule has 1 aliphatic rings. The maximum Gasteiger partial charge on any atom is 0.254 e. The van der Waals surface area contributed by atoms with Crippen molar-refractivity contribution in [2.75, 3.05) is 6.54 Å². The van der Waals surface area contributed by atoms with Gasteiger partial charge < -0.3 is 9.47 Å². The van der Waals surface area contributed by atoms with E-state index in [-0.39, 0.29) is 11.9 Å². The lowest BCUT2D eigenvalue weighted by Gasteiger charge is -2.35. The number of hydrogen-bond donors (Lipinski definition) is 0. The van der Waals surface area contributed by atoms with Crippen LogP contribution < -0.4 is 0 Å². The fraction of sp³-hybridized carbons (Fsp3) is 0.273. The van der Waals surface area contributed by atoms with Crippen molar-refractivity contribution in [3.8, 4) is 11.4 Å². The van der Waals surface area contributed by atoms with Crippen LogP contribution in [-0.4, -0.2) is 26.9 Å². The zero-order valence-electron chi connectivity index (χ0n) is 15.4. The number of aryl methyl sites for hydroxylation is 2. The van der Waals surface area contributed by atoms with Crippen LogP contribution in [0.15, 0.2) is 54.7 Å². The summed E-state index contributed by atoms with van der Waals surface area (Å²) >= 11 is 0. The summed E-state index contributed by atoms with van der Waals surface area (Å²) in [7, 11) is 0. The van der Waals surface area contributed by atoms with E-state index in [1.807, 2.05) is 54.4 Å². The number of rotatable bonds is 2. The molecule has 0 radical (unpaired) electrons. The van der Waals surface area contributed by atoms with Crippen LogP contribution in [0.25, 0.3) is 11.4 Å². The Hall–Kier alpha value is -2.88. The third-order valence-corrected chi connectivity index (χ3v) is 5.37. The molecule has 1 atom stereocenters. The van der Waals surface area contributed by atoms with E-state index in [9.17, 15) is 4.79 Å². The van der Waals surface area contributed by atoms with Gasteiger partial charge in [0.1, 0.15) is 5.82 Å². The van der Waals surface area contributed by atoms with Gasteiger partial charge in [0, 0.05) is 24.2 Å². The Balaban J connectivity index is 1.68. The lowest BCUT2D eigenvalue weighted by atomic mass is 10.0. The number of fused-ring (bicyclic) bond motifs is 1. The maximum absolute atomic E-state index is 13.1. The van der Waals surface area contributed by atoms with Crippen LogP contribution in [0.1, 0.15) is 40.1 Å². The van der Waals surface area contributed by atoms with E-state index < -0.39 is 0 Å². The molecule has 26 heavy (non-hydrogen) atoms. The highest BCUT2D eigenvalue weighted by molar-refractivity contribution is 5.96. The number of amides is 1. The molecule has 1 aromatic heterocycles. The van der Waals surface area contributed by atoms with E-state index in [0.29, 0.717) is 6.54 Å². The van der Waals surface area contributed by atoms with Gasteiger partial charge in [-0.2, -0.15) is 0 Å². The Morgan fingerprint density at radius 3 is 2.42 bits per heavy atom. The van der Waals surface area contributed by atoms with Gasteiger partial charge in [0.2, 0.25) is 0 Å². The summed E-state index contributed by atoms with van der Waals surface area (Å²) in [6, 6.07) is 16.1. The summed E-state index contributed by atoms with van der Waals surface area (Å²) in [6.45, 7) is 7.64. The third kappa shape index (κ3) is 2.62. The molecule has 0 saturated heterocycles. The lowest BCUT2D eigenvalue weighted by Crippen LogP contribution is -2.41. The normalized spacial score (nSPS) is 16.4. The summed E-state index contributed by atoms with van der Waals surface area (Å²) in [5.74, 6) is 1.09. The topological polar surface area (TPSA) is 38.1 Å². The molecule has 1 amide bonds. The van der Waals surface area contributed by atoms with Crippen LogP contribution in [0.5, 0.6) is 0 Å². The fourth-order valence-electron chi connectivity index (χ4n) is 3.80. The number of imidazole rings is 1. The molecule has 2 aromatic carbocycles. The van der Waals surface area contributed by atoms with E-state index in [1.54, 1.807) is 0 Å². The molecule has 0 saturated carbocycles. The molecule has 0 aliphatic carbocycles. The van der Waals surface area contributed by atoms with Gasteiger partial charge in [-0.1, -0.05) is 42.5 Å². The van der Waals surface area contributed by atoms with E-state index in [1.165, 1.54) is 5.56 Å². The molecule has 1 aliphatic heterocycles. The second-order valence-electron chi connectivity index (χ2n) is 6.96. The minimum absolute atomic E-state index is 0.00104. The van der Waals surface area contributed by atoms with Crippen molar-refractivity contribution in [3.05, 3.63) is 77.1 Å². The van der Waals surface area contributed by atoms with Gasteiger partial charge in [-0.3, -0.25) is 4.79 Å². The van der Waals surface area contributed by atoms with Crippen molar-refractivity contribution in [1.29, 1.82) is 0 Å². The zero-order chi connectivity index (χ0) is 18.3. The number of nitrogens with zero attached hydrogens (tertiary/aromatic N) is 3. The Morgan fingerprint density at radius 2 is 1.69 bits per heavy atom. The largest absolute Gasteiger partial charge is 0.329 e. The highest BCUT2D eigenvalue weighted by Crippen LogP contribution is 2.32. The van der Waals surface area contributed by atoms with E-state index in [0.717, 1.165) is 34.8 Å². The number of carbonyl (C=O) groups is 1. The van der Waals surface area contributed by atoms with Gasteiger partial charge in [0.15, 0.2) is 0 Å². The highest BCUT2D eigenvalue weighted by Gasteiger charge is 2.31. The van der Waals surface area contributed by atoms with Crippen molar-refractivity contribution in [2.24, 2.45) is 0 Å². The maximum atomic E-state index is 13.1. The van der Waals surface area contributed by atoms with Gasteiger partial charge in [0.05, 0.1) is 17.9 Å². The van der Waals surface area contributed by atoms with Crippen molar-refractivity contribution in [3.63, 3.8) is 0 Å². The first-order valence-corrected chi connectivity index (χ1v) is 9.06. The number of benzene rings is 2. The van der Waals surface area contributed by atoms with Gasteiger partial charge in [-0.25, -0.2) is 4.98 Å².